The van der Waals surface area contributed by atoms with Crippen molar-refractivity contribution in [1.29, 1.82) is 0 Å². The molecule has 0 aromatic heterocycles. The largest absolute Gasteiger partial charge is 0.299 e. The summed E-state index contributed by atoms with van der Waals surface area (Å²) in [5.74, 6) is 1.19. The molecule has 2 rings (SSSR count). The first-order valence-corrected chi connectivity index (χ1v) is 4.50. The first kappa shape index (κ1) is 7.33. The summed E-state index contributed by atoms with van der Waals surface area (Å²) < 4.78 is 0. The predicted octanol–water partition coefficient (Wildman–Crippen LogP) is 2.40. The van der Waals surface area contributed by atoms with E-state index in [-0.39, 0.29) is 5.41 Å². The zero-order valence-corrected chi connectivity index (χ0v) is 7.61. The average Bonchev–Trinajstić information content (AvgIpc) is 2.10. The quantitative estimate of drug-likeness (QED) is 0.521. The molecule has 2 unspecified atom stereocenters. The van der Waals surface area contributed by atoms with Crippen molar-refractivity contribution in [3.8, 4) is 0 Å². The fourth-order valence-corrected chi connectivity index (χ4v) is 2.92. The lowest BCUT2D eigenvalue weighted by Crippen LogP contribution is -2.48. The van der Waals surface area contributed by atoms with Crippen molar-refractivity contribution in [1.82, 2.24) is 0 Å². The molecule has 0 aromatic carbocycles. The Labute approximate surface area is 68.2 Å². The van der Waals surface area contributed by atoms with Crippen molar-refractivity contribution < 1.29 is 4.79 Å². The smallest absolute Gasteiger partial charge is 0.139 e. The maximum Gasteiger partial charge on any atom is 0.139 e. The molecule has 0 aromatic rings. The summed E-state index contributed by atoms with van der Waals surface area (Å²) in [6.07, 6.45) is 3.22. The van der Waals surface area contributed by atoms with Gasteiger partial charge in [0, 0.05) is 11.8 Å². The van der Waals surface area contributed by atoms with Crippen LogP contribution in [0.5, 0.6) is 0 Å². The van der Waals surface area contributed by atoms with Crippen LogP contribution in [-0.4, -0.2) is 5.78 Å². The van der Waals surface area contributed by atoms with Gasteiger partial charge in [-0.2, -0.15) is 0 Å². The second kappa shape index (κ2) is 1.70. The van der Waals surface area contributed by atoms with Crippen LogP contribution >= 0.6 is 0 Å². The van der Waals surface area contributed by atoms with Crippen molar-refractivity contribution in [3.63, 3.8) is 0 Å². The minimum Gasteiger partial charge on any atom is -0.299 e. The summed E-state index contributed by atoms with van der Waals surface area (Å²) in [6.45, 7) is 6.75. The van der Waals surface area contributed by atoms with E-state index in [0.717, 1.165) is 12.8 Å². The van der Waals surface area contributed by atoms with Crippen LogP contribution < -0.4 is 0 Å². The highest BCUT2D eigenvalue weighted by atomic mass is 16.1. The standard InChI is InChI=1S/C10H16O/c1-9(2)4-5-10(3)7(9)6-8(10)11/h7H,4-6H2,1-3H3. The molecule has 2 fully saturated rings. The molecule has 0 radical (unpaired) electrons. The molecule has 62 valence electrons. The van der Waals surface area contributed by atoms with Crippen LogP contribution in [0.15, 0.2) is 0 Å². The highest BCUT2D eigenvalue weighted by Gasteiger charge is 2.60. The van der Waals surface area contributed by atoms with E-state index >= 15 is 0 Å². The molecular weight excluding hydrogens is 136 g/mol. The molecule has 0 amide bonds. The first-order valence-electron chi connectivity index (χ1n) is 4.50. The predicted molar refractivity (Wildman–Crippen MR) is 44.2 cm³/mol. The molecule has 2 aliphatic carbocycles. The molecule has 2 saturated carbocycles. The monoisotopic (exact) mass is 152 g/mol. The Morgan fingerprint density at radius 3 is 2.27 bits per heavy atom. The maximum atomic E-state index is 11.3. The van der Waals surface area contributed by atoms with E-state index in [0.29, 0.717) is 17.1 Å². The van der Waals surface area contributed by atoms with Gasteiger partial charge in [0.2, 0.25) is 0 Å². The van der Waals surface area contributed by atoms with Crippen molar-refractivity contribution in [2.24, 2.45) is 16.7 Å². The lowest BCUT2D eigenvalue weighted by Gasteiger charge is -2.45. The first-order chi connectivity index (χ1) is 4.97. The third-order valence-corrected chi connectivity index (χ3v) is 4.03. The molecule has 0 bridgehead atoms. The normalized spacial score (nSPS) is 46.8. The fraction of sp³-hybridized carbons (Fsp3) is 0.900. The van der Waals surface area contributed by atoms with Crippen LogP contribution in [0.3, 0.4) is 0 Å². The Morgan fingerprint density at radius 1 is 1.27 bits per heavy atom. The summed E-state index contributed by atoms with van der Waals surface area (Å²) >= 11 is 0. The Hall–Kier alpha value is -0.330. The number of ketones is 1. The summed E-state index contributed by atoms with van der Waals surface area (Å²) in [5, 5.41) is 0. The molecule has 1 heteroatoms. The lowest BCUT2D eigenvalue weighted by molar-refractivity contribution is -0.145. The van der Waals surface area contributed by atoms with Crippen LogP contribution in [0.2, 0.25) is 0 Å². The average molecular weight is 152 g/mol. The summed E-state index contributed by atoms with van der Waals surface area (Å²) in [6, 6.07) is 0. The van der Waals surface area contributed by atoms with Gasteiger partial charge < -0.3 is 0 Å². The van der Waals surface area contributed by atoms with Crippen molar-refractivity contribution in [3.05, 3.63) is 0 Å². The van der Waals surface area contributed by atoms with Crippen LogP contribution in [0.25, 0.3) is 0 Å². The second-order valence-corrected chi connectivity index (χ2v) is 5.09. The van der Waals surface area contributed by atoms with Crippen LogP contribution in [0.4, 0.5) is 0 Å². The molecule has 2 atom stereocenters. The van der Waals surface area contributed by atoms with Gasteiger partial charge in [-0.3, -0.25) is 4.79 Å². The van der Waals surface area contributed by atoms with E-state index in [4.69, 9.17) is 0 Å². The molecule has 0 saturated heterocycles. The van der Waals surface area contributed by atoms with Gasteiger partial charge in [0.1, 0.15) is 5.78 Å². The molecule has 11 heavy (non-hydrogen) atoms. The zero-order chi connectivity index (χ0) is 8.28. The number of hydrogen-bond donors (Lipinski definition) is 0. The third kappa shape index (κ3) is 0.692. The third-order valence-electron chi connectivity index (χ3n) is 4.03. The van der Waals surface area contributed by atoms with Crippen LogP contribution in [0.1, 0.15) is 40.0 Å². The highest BCUT2D eigenvalue weighted by Crippen LogP contribution is 2.62. The molecule has 0 spiro atoms. The van der Waals surface area contributed by atoms with Crippen molar-refractivity contribution in [2.45, 2.75) is 40.0 Å². The molecule has 1 nitrogen and oxygen atoms in total. The van der Waals surface area contributed by atoms with E-state index in [1.165, 1.54) is 6.42 Å². The number of fused-ring (bicyclic) bond motifs is 1. The second-order valence-electron chi connectivity index (χ2n) is 5.09. The van der Waals surface area contributed by atoms with Gasteiger partial charge in [-0.05, 0) is 24.2 Å². The van der Waals surface area contributed by atoms with E-state index in [2.05, 4.69) is 20.8 Å². The summed E-state index contributed by atoms with van der Waals surface area (Å²) in [5.41, 5.74) is 0.520. The number of carbonyl (C=O) groups excluding carboxylic acids is 1. The van der Waals surface area contributed by atoms with Gasteiger partial charge in [-0.15, -0.1) is 0 Å². The Morgan fingerprint density at radius 2 is 1.91 bits per heavy atom. The van der Waals surface area contributed by atoms with Gasteiger partial charge in [0.25, 0.3) is 0 Å². The zero-order valence-electron chi connectivity index (χ0n) is 7.61. The molecule has 0 N–H and O–H groups in total. The minimum atomic E-state index is 0.0868. The van der Waals surface area contributed by atoms with Gasteiger partial charge in [-0.25, -0.2) is 0 Å². The van der Waals surface area contributed by atoms with E-state index in [1.54, 1.807) is 0 Å². The summed E-state index contributed by atoms with van der Waals surface area (Å²) in [7, 11) is 0. The number of Topliss-reactive ketones (excluding diaryl/α,β-unsaturated/α-hetero) is 1. The molecule has 2 aliphatic rings. The fourth-order valence-electron chi connectivity index (χ4n) is 2.92. The highest BCUT2D eigenvalue weighted by molar-refractivity contribution is 5.91. The van der Waals surface area contributed by atoms with E-state index in [1.807, 2.05) is 0 Å². The molecule has 0 aliphatic heterocycles. The lowest BCUT2D eigenvalue weighted by atomic mass is 9.57. The molecular formula is C10H16O. The Kier molecular flexibility index (Phi) is 1.13. The minimum absolute atomic E-state index is 0.0868. The SMILES string of the molecule is CC1(C)CCC2(C)C(=O)CC12. The topological polar surface area (TPSA) is 17.1 Å². The van der Waals surface area contributed by atoms with E-state index < -0.39 is 0 Å². The molecule has 0 heterocycles. The van der Waals surface area contributed by atoms with Gasteiger partial charge in [0.15, 0.2) is 0 Å². The van der Waals surface area contributed by atoms with Crippen LogP contribution in [-0.2, 0) is 4.79 Å². The Balaban J connectivity index is 2.29. The van der Waals surface area contributed by atoms with Crippen molar-refractivity contribution >= 4 is 5.78 Å². The van der Waals surface area contributed by atoms with E-state index in [9.17, 15) is 4.79 Å². The Bertz CT molecular complexity index is 217. The number of hydrogen-bond acceptors (Lipinski definition) is 1. The van der Waals surface area contributed by atoms with Gasteiger partial charge >= 0.3 is 0 Å². The maximum absolute atomic E-state index is 11.3. The number of rotatable bonds is 0. The van der Waals surface area contributed by atoms with Crippen molar-refractivity contribution in [2.75, 3.05) is 0 Å². The van der Waals surface area contributed by atoms with Crippen LogP contribution in [0, 0.1) is 16.7 Å². The van der Waals surface area contributed by atoms with Gasteiger partial charge in [0.05, 0.1) is 0 Å². The number of carbonyl (C=O) groups is 1. The van der Waals surface area contributed by atoms with Gasteiger partial charge in [-0.1, -0.05) is 20.8 Å². The summed E-state index contributed by atoms with van der Waals surface area (Å²) in [4.78, 5) is 11.3.